The monoisotopic (exact) mass is 427 g/mol. The van der Waals surface area contributed by atoms with Gasteiger partial charge in [0.15, 0.2) is 0 Å². The quantitative estimate of drug-likeness (QED) is 0.339. The Balaban J connectivity index is 1.36. The van der Waals surface area contributed by atoms with Gasteiger partial charge in [0.05, 0.1) is 40.2 Å². The van der Waals surface area contributed by atoms with Gasteiger partial charge in [0.25, 0.3) is 5.91 Å². The molecule has 0 atom stereocenters. The number of anilines is 2. The minimum Gasteiger partial charge on any atom is -0.363 e. The molecule has 5 aromatic rings. The number of pyridine rings is 2. The lowest BCUT2D eigenvalue weighted by molar-refractivity contribution is 0.102. The highest BCUT2D eigenvalue weighted by Crippen LogP contribution is 2.28. The number of H-pyrrole nitrogens is 1. The Morgan fingerprint density at radius 3 is 2.65 bits per heavy atom. The van der Waals surface area contributed by atoms with Crippen molar-refractivity contribution in [3.05, 3.63) is 95.4 Å². The first-order valence-corrected chi connectivity index (χ1v) is 10.2. The molecule has 0 aliphatic carbocycles. The first kappa shape index (κ1) is 19.1. The summed E-state index contributed by atoms with van der Waals surface area (Å²) < 4.78 is 0. The molecule has 0 unspecified atom stereocenters. The van der Waals surface area contributed by atoms with Crippen LogP contribution in [0.15, 0.2) is 79.1 Å². The van der Waals surface area contributed by atoms with Crippen molar-refractivity contribution in [1.29, 1.82) is 0 Å². The van der Waals surface area contributed by atoms with E-state index in [2.05, 4.69) is 25.6 Å². The maximum Gasteiger partial charge on any atom is 0.257 e. The van der Waals surface area contributed by atoms with Gasteiger partial charge in [-0.05, 0) is 30.3 Å². The average Bonchev–Trinajstić information content (AvgIpc) is 3.18. The molecule has 2 aromatic carbocycles. The van der Waals surface area contributed by atoms with Crippen LogP contribution < -0.4 is 10.6 Å². The zero-order chi connectivity index (χ0) is 21.2. The van der Waals surface area contributed by atoms with Gasteiger partial charge in [-0.3, -0.25) is 9.78 Å². The molecule has 0 aliphatic rings. The Morgan fingerprint density at radius 2 is 1.81 bits per heavy atom. The number of carbonyl (C=O) groups is 1. The molecule has 152 valence electrons. The van der Waals surface area contributed by atoms with Gasteiger partial charge in [-0.2, -0.15) is 0 Å². The summed E-state index contributed by atoms with van der Waals surface area (Å²) in [7, 11) is 0. The third kappa shape index (κ3) is 3.81. The van der Waals surface area contributed by atoms with Crippen molar-refractivity contribution in [2.75, 3.05) is 10.6 Å². The number of fused-ring (bicyclic) bond motifs is 3. The van der Waals surface area contributed by atoms with Crippen LogP contribution in [0.25, 0.3) is 21.8 Å². The molecule has 6 nitrogen and oxygen atoms in total. The van der Waals surface area contributed by atoms with Gasteiger partial charge in [-0.1, -0.05) is 48.0 Å². The number of nitrogens with one attached hydrogen (secondary N) is 3. The van der Waals surface area contributed by atoms with Crippen LogP contribution in [0.1, 0.15) is 16.1 Å². The summed E-state index contributed by atoms with van der Waals surface area (Å²) in [6, 6.07) is 21.1. The predicted molar refractivity (Wildman–Crippen MR) is 125 cm³/mol. The number of hydrogen-bond acceptors (Lipinski definition) is 4. The molecule has 0 saturated heterocycles. The Kier molecular flexibility index (Phi) is 4.98. The van der Waals surface area contributed by atoms with Crippen LogP contribution in [0.4, 0.5) is 11.5 Å². The van der Waals surface area contributed by atoms with E-state index in [1.54, 1.807) is 24.5 Å². The maximum absolute atomic E-state index is 13.0. The van der Waals surface area contributed by atoms with E-state index in [0.717, 1.165) is 27.5 Å². The van der Waals surface area contributed by atoms with Crippen LogP contribution in [-0.2, 0) is 6.54 Å². The van der Waals surface area contributed by atoms with Crippen molar-refractivity contribution in [3.63, 3.8) is 0 Å². The number of para-hydroxylation sites is 2. The molecule has 0 bridgehead atoms. The van der Waals surface area contributed by atoms with E-state index in [0.29, 0.717) is 28.6 Å². The molecule has 5 rings (SSSR count). The van der Waals surface area contributed by atoms with Crippen molar-refractivity contribution in [3.8, 4) is 0 Å². The molecular formula is C24H18ClN5O. The second-order valence-electron chi connectivity index (χ2n) is 7.08. The maximum atomic E-state index is 13.0. The fourth-order valence-corrected chi connectivity index (χ4v) is 3.81. The number of aromatic amines is 1. The SMILES string of the molecule is O=C(Nc1cnc(NCc2ccccn2)c(Cl)c1)c1cccc2c1[nH]c1ccccc12. The molecular weight excluding hydrogens is 410 g/mol. The summed E-state index contributed by atoms with van der Waals surface area (Å²) in [5, 5.41) is 8.55. The number of aromatic nitrogens is 3. The molecule has 0 aliphatic heterocycles. The number of rotatable bonds is 5. The minimum atomic E-state index is -0.232. The van der Waals surface area contributed by atoms with Crippen LogP contribution in [-0.4, -0.2) is 20.9 Å². The molecule has 3 heterocycles. The van der Waals surface area contributed by atoms with Gasteiger partial charge in [-0.25, -0.2) is 4.98 Å². The molecule has 7 heteroatoms. The fourth-order valence-electron chi connectivity index (χ4n) is 3.57. The van der Waals surface area contributed by atoms with Crippen LogP contribution in [0.5, 0.6) is 0 Å². The highest BCUT2D eigenvalue weighted by atomic mass is 35.5. The smallest absolute Gasteiger partial charge is 0.257 e. The Morgan fingerprint density at radius 1 is 0.968 bits per heavy atom. The van der Waals surface area contributed by atoms with Crippen molar-refractivity contribution in [2.45, 2.75) is 6.54 Å². The molecule has 0 saturated carbocycles. The summed E-state index contributed by atoms with van der Waals surface area (Å²) in [5.74, 6) is 0.298. The zero-order valence-corrected chi connectivity index (χ0v) is 17.1. The van der Waals surface area contributed by atoms with E-state index in [-0.39, 0.29) is 5.91 Å². The molecule has 31 heavy (non-hydrogen) atoms. The van der Waals surface area contributed by atoms with E-state index < -0.39 is 0 Å². The largest absolute Gasteiger partial charge is 0.363 e. The van der Waals surface area contributed by atoms with Gasteiger partial charge in [0, 0.05) is 22.5 Å². The molecule has 0 fully saturated rings. The van der Waals surface area contributed by atoms with E-state index in [4.69, 9.17) is 11.6 Å². The van der Waals surface area contributed by atoms with Gasteiger partial charge in [-0.15, -0.1) is 0 Å². The van der Waals surface area contributed by atoms with Crippen molar-refractivity contribution >= 4 is 50.8 Å². The van der Waals surface area contributed by atoms with Crippen LogP contribution in [0.2, 0.25) is 5.02 Å². The lowest BCUT2D eigenvalue weighted by atomic mass is 10.1. The van der Waals surface area contributed by atoms with Gasteiger partial charge in [0.1, 0.15) is 5.82 Å². The summed E-state index contributed by atoms with van der Waals surface area (Å²) in [4.78, 5) is 24.9. The standard InChI is InChI=1S/C24H18ClN5O/c25-20-12-16(14-28-23(20)27-13-15-6-3-4-11-26-15)29-24(31)19-9-5-8-18-17-7-1-2-10-21(17)30-22(18)19/h1-12,14,30H,13H2,(H,27,28)(H,29,31). The lowest BCUT2D eigenvalue weighted by Gasteiger charge is -2.10. The Hall–Kier alpha value is -3.90. The predicted octanol–water partition coefficient (Wildman–Crippen LogP) is 5.63. The third-order valence-electron chi connectivity index (χ3n) is 5.05. The van der Waals surface area contributed by atoms with Crippen molar-refractivity contribution in [2.24, 2.45) is 0 Å². The van der Waals surface area contributed by atoms with Gasteiger partial charge < -0.3 is 15.6 Å². The summed E-state index contributed by atoms with van der Waals surface area (Å²) in [5.41, 5.74) is 3.75. The molecule has 3 aromatic heterocycles. The highest BCUT2D eigenvalue weighted by Gasteiger charge is 2.14. The van der Waals surface area contributed by atoms with Crippen LogP contribution in [0, 0.1) is 0 Å². The summed E-state index contributed by atoms with van der Waals surface area (Å²) in [6.07, 6.45) is 3.31. The van der Waals surface area contributed by atoms with Crippen LogP contribution >= 0.6 is 11.6 Å². The second-order valence-corrected chi connectivity index (χ2v) is 7.49. The van der Waals surface area contributed by atoms with E-state index >= 15 is 0 Å². The Bertz CT molecular complexity index is 1400. The second kappa shape index (κ2) is 8.08. The first-order chi connectivity index (χ1) is 15.2. The minimum absolute atomic E-state index is 0.232. The number of benzene rings is 2. The van der Waals surface area contributed by atoms with Crippen molar-refractivity contribution in [1.82, 2.24) is 15.0 Å². The van der Waals surface area contributed by atoms with E-state index in [1.807, 2.05) is 54.6 Å². The zero-order valence-electron chi connectivity index (χ0n) is 16.4. The molecule has 3 N–H and O–H groups in total. The molecule has 0 radical (unpaired) electrons. The summed E-state index contributed by atoms with van der Waals surface area (Å²) >= 11 is 6.37. The number of halogens is 1. The summed E-state index contributed by atoms with van der Waals surface area (Å²) in [6.45, 7) is 0.502. The lowest BCUT2D eigenvalue weighted by Crippen LogP contribution is -2.13. The van der Waals surface area contributed by atoms with Crippen LogP contribution in [0.3, 0.4) is 0 Å². The van der Waals surface area contributed by atoms with Gasteiger partial charge in [0.2, 0.25) is 0 Å². The van der Waals surface area contributed by atoms with Crippen molar-refractivity contribution < 1.29 is 4.79 Å². The number of nitrogens with zero attached hydrogens (tertiary/aromatic N) is 2. The number of carbonyl (C=O) groups excluding carboxylic acids is 1. The van der Waals surface area contributed by atoms with Gasteiger partial charge >= 0.3 is 0 Å². The highest BCUT2D eigenvalue weighted by molar-refractivity contribution is 6.33. The van der Waals surface area contributed by atoms with E-state index in [1.165, 1.54) is 0 Å². The number of amides is 1. The fraction of sp³-hybridized carbons (Fsp3) is 0.0417. The average molecular weight is 428 g/mol. The normalized spacial score (nSPS) is 11.0. The first-order valence-electron chi connectivity index (χ1n) is 9.79. The molecule has 0 spiro atoms. The Labute approximate surface area is 183 Å². The number of hydrogen-bond donors (Lipinski definition) is 3. The van der Waals surface area contributed by atoms with E-state index in [9.17, 15) is 4.79 Å². The third-order valence-corrected chi connectivity index (χ3v) is 5.34. The topological polar surface area (TPSA) is 82.7 Å². The molecule has 1 amide bonds.